The van der Waals surface area contributed by atoms with Crippen molar-refractivity contribution in [3.05, 3.63) is 36.0 Å². The Morgan fingerprint density at radius 1 is 1.29 bits per heavy atom. The van der Waals surface area contributed by atoms with Gasteiger partial charge in [-0.15, -0.1) is 0 Å². The summed E-state index contributed by atoms with van der Waals surface area (Å²) < 4.78 is 0. The van der Waals surface area contributed by atoms with E-state index in [1.165, 1.54) is 0 Å². The summed E-state index contributed by atoms with van der Waals surface area (Å²) in [6, 6.07) is 7.43. The van der Waals surface area contributed by atoms with E-state index in [9.17, 15) is 9.59 Å². The van der Waals surface area contributed by atoms with Gasteiger partial charge in [0.15, 0.2) is 0 Å². The molecule has 5 heteroatoms. The molecule has 0 aliphatic rings. The van der Waals surface area contributed by atoms with E-state index >= 15 is 0 Å². The summed E-state index contributed by atoms with van der Waals surface area (Å²) in [5.41, 5.74) is 1.49. The number of rotatable bonds is 6. The van der Waals surface area contributed by atoms with E-state index in [0.717, 1.165) is 10.9 Å². The lowest BCUT2D eigenvalue weighted by Gasteiger charge is -2.24. The van der Waals surface area contributed by atoms with Crippen LogP contribution < -0.4 is 0 Å². The monoisotopic (exact) mass is 288 g/mol. The van der Waals surface area contributed by atoms with Crippen LogP contribution in [0.25, 0.3) is 10.9 Å². The summed E-state index contributed by atoms with van der Waals surface area (Å²) in [7, 11) is 0. The second-order valence-electron chi connectivity index (χ2n) is 5.57. The van der Waals surface area contributed by atoms with Crippen molar-refractivity contribution in [2.24, 2.45) is 5.92 Å². The number of H-pyrrole nitrogens is 1. The lowest BCUT2D eigenvalue weighted by molar-refractivity contribution is -0.137. The first-order valence-corrected chi connectivity index (χ1v) is 7.05. The molecule has 2 aromatic rings. The molecule has 0 saturated heterocycles. The number of aromatic amines is 1. The molecule has 0 unspecified atom stereocenters. The van der Waals surface area contributed by atoms with Crippen LogP contribution in [0.5, 0.6) is 0 Å². The highest BCUT2D eigenvalue weighted by Crippen LogP contribution is 2.16. The molecule has 0 aliphatic heterocycles. The Labute approximate surface area is 123 Å². The van der Waals surface area contributed by atoms with Crippen molar-refractivity contribution in [1.29, 1.82) is 0 Å². The van der Waals surface area contributed by atoms with E-state index in [2.05, 4.69) is 4.98 Å². The highest BCUT2D eigenvalue weighted by molar-refractivity contribution is 5.98. The molecule has 0 saturated carbocycles. The van der Waals surface area contributed by atoms with Gasteiger partial charge < -0.3 is 15.0 Å². The van der Waals surface area contributed by atoms with Gasteiger partial charge in [-0.2, -0.15) is 0 Å². The van der Waals surface area contributed by atoms with E-state index in [0.29, 0.717) is 12.1 Å². The van der Waals surface area contributed by atoms with Crippen LogP contribution in [-0.4, -0.2) is 40.0 Å². The van der Waals surface area contributed by atoms with E-state index in [-0.39, 0.29) is 24.8 Å². The molecule has 21 heavy (non-hydrogen) atoms. The Kier molecular flexibility index (Phi) is 4.62. The number of fused-ring (bicyclic) bond motifs is 1. The number of aromatic nitrogens is 1. The van der Waals surface area contributed by atoms with Crippen molar-refractivity contribution < 1.29 is 14.7 Å². The van der Waals surface area contributed by atoms with Crippen LogP contribution in [0, 0.1) is 5.92 Å². The van der Waals surface area contributed by atoms with Crippen LogP contribution in [-0.2, 0) is 4.79 Å². The van der Waals surface area contributed by atoms with Gasteiger partial charge in [0.1, 0.15) is 0 Å². The van der Waals surface area contributed by atoms with Crippen LogP contribution in [0.3, 0.4) is 0 Å². The molecule has 5 nitrogen and oxygen atoms in total. The maximum absolute atomic E-state index is 12.6. The first-order valence-electron chi connectivity index (χ1n) is 7.05. The fraction of sp³-hybridized carbons (Fsp3) is 0.375. The number of amides is 1. The minimum absolute atomic E-state index is 0.0385. The minimum Gasteiger partial charge on any atom is -0.481 e. The van der Waals surface area contributed by atoms with Gasteiger partial charge >= 0.3 is 5.97 Å². The molecular formula is C16H20N2O3. The lowest BCUT2D eigenvalue weighted by atomic mass is 10.1. The molecule has 0 bridgehead atoms. The van der Waals surface area contributed by atoms with Crippen molar-refractivity contribution in [2.75, 3.05) is 13.1 Å². The van der Waals surface area contributed by atoms with Gasteiger partial charge in [-0.1, -0.05) is 19.9 Å². The van der Waals surface area contributed by atoms with E-state index < -0.39 is 5.97 Å². The zero-order valence-corrected chi connectivity index (χ0v) is 12.3. The van der Waals surface area contributed by atoms with Crippen molar-refractivity contribution >= 4 is 22.8 Å². The molecule has 2 rings (SSSR count). The number of carbonyl (C=O) groups is 2. The van der Waals surface area contributed by atoms with Gasteiger partial charge in [0.2, 0.25) is 0 Å². The summed E-state index contributed by atoms with van der Waals surface area (Å²) in [6.07, 6.45) is 1.79. The highest BCUT2D eigenvalue weighted by Gasteiger charge is 2.18. The van der Waals surface area contributed by atoms with Crippen molar-refractivity contribution in [3.8, 4) is 0 Å². The Balaban J connectivity index is 2.20. The van der Waals surface area contributed by atoms with Crippen molar-refractivity contribution in [2.45, 2.75) is 20.3 Å². The van der Waals surface area contributed by atoms with Crippen LogP contribution in [0.15, 0.2) is 30.5 Å². The second-order valence-corrected chi connectivity index (χ2v) is 5.57. The number of nitrogens with one attached hydrogen (secondary N) is 1. The number of aliphatic carboxylic acids is 1. The molecule has 0 fully saturated rings. The zero-order chi connectivity index (χ0) is 15.4. The predicted molar refractivity (Wildman–Crippen MR) is 81.3 cm³/mol. The largest absolute Gasteiger partial charge is 0.481 e. The van der Waals surface area contributed by atoms with Crippen LogP contribution >= 0.6 is 0 Å². The SMILES string of the molecule is CC(C)CN(CCC(=O)O)C(=O)c1ccc2cc[nH]c2c1. The van der Waals surface area contributed by atoms with Crippen molar-refractivity contribution in [3.63, 3.8) is 0 Å². The molecule has 0 atom stereocenters. The predicted octanol–water partition coefficient (Wildman–Crippen LogP) is 2.74. The molecule has 1 aromatic heterocycles. The van der Waals surface area contributed by atoms with E-state index in [1.807, 2.05) is 38.2 Å². The first kappa shape index (κ1) is 15.1. The molecule has 1 amide bonds. The number of carboxylic acid groups (broad SMARTS) is 1. The topological polar surface area (TPSA) is 73.4 Å². The number of nitrogens with zero attached hydrogens (tertiary/aromatic N) is 1. The Morgan fingerprint density at radius 2 is 2.05 bits per heavy atom. The smallest absolute Gasteiger partial charge is 0.305 e. The Bertz CT molecular complexity index is 646. The van der Waals surface area contributed by atoms with Crippen molar-refractivity contribution in [1.82, 2.24) is 9.88 Å². The Hall–Kier alpha value is -2.30. The fourth-order valence-electron chi connectivity index (χ4n) is 2.31. The number of carbonyl (C=O) groups excluding carboxylic acids is 1. The van der Waals surface area contributed by atoms with Gasteiger partial charge in [0.05, 0.1) is 6.42 Å². The van der Waals surface area contributed by atoms with Gasteiger partial charge in [0.25, 0.3) is 5.91 Å². The fourth-order valence-corrected chi connectivity index (χ4v) is 2.31. The van der Waals surface area contributed by atoms with Crippen LogP contribution in [0.2, 0.25) is 0 Å². The first-order chi connectivity index (χ1) is 9.97. The molecular weight excluding hydrogens is 268 g/mol. The molecule has 1 aromatic carbocycles. The summed E-state index contributed by atoms with van der Waals surface area (Å²) in [4.78, 5) is 28.0. The number of benzene rings is 1. The number of hydrogen-bond acceptors (Lipinski definition) is 2. The van der Waals surface area contributed by atoms with Gasteiger partial charge in [0, 0.05) is 30.4 Å². The summed E-state index contributed by atoms with van der Waals surface area (Å²) in [5, 5.41) is 9.87. The average Bonchev–Trinajstić information content (AvgIpc) is 2.89. The average molecular weight is 288 g/mol. The molecule has 2 N–H and O–H groups in total. The standard InChI is InChI=1S/C16H20N2O3/c1-11(2)10-18(8-6-15(19)20)16(21)13-4-3-12-5-7-17-14(12)9-13/h3-5,7,9,11,17H,6,8,10H2,1-2H3,(H,19,20). The maximum atomic E-state index is 12.6. The number of hydrogen-bond donors (Lipinski definition) is 2. The number of carboxylic acids is 1. The van der Waals surface area contributed by atoms with Gasteiger partial charge in [-0.05, 0) is 29.5 Å². The summed E-state index contributed by atoms with van der Waals surface area (Å²) >= 11 is 0. The molecule has 112 valence electrons. The van der Waals surface area contributed by atoms with E-state index in [1.54, 1.807) is 11.0 Å². The quantitative estimate of drug-likeness (QED) is 0.858. The second kappa shape index (κ2) is 6.43. The third-order valence-electron chi connectivity index (χ3n) is 3.27. The Morgan fingerprint density at radius 3 is 2.71 bits per heavy atom. The lowest BCUT2D eigenvalue weighted by Crippen LogP contribution is -2.35. The molecule has 0 radical (unpaired) electrons. The molecule has 0 aliphatic carbocycles. The summed E-state index contributed by atoms with van der Waals surface area (Å²) in [5.74, 6) is -0.727. The normalized spacial score (nSPS) is 11.0. The zero-order valence-electron chi connectivity index (χ0n) is 12.3. The maximum Gasteiger partial charge on any atom is 0.305 e. The van der Waals surface area contributed by atoms with Gasteiger partial charge in [-0.25, -0.2) is 0 Å². The third-order valence-corrected chi connectivity index (χ3v) is 3.27. The van der Waals surface area contributed by atoms with Crippen LogP contribution in [0.1, 0.15) is 30.6 Å². The van der Waals surface area contributed by atoms with Gasteiger partial charge in [-0.3, -0.25) is 9.59 Å². The third kappa shape index (κ3) is 3.84. The van der Waals surface area contributed by atoms with Crippen LogP contribution in [0.4, 0.5) is 0 Å². The minimum atomic E-state index is -0.892. The molecule has 0 spiro atoms. The molecule has 1 heterocycles. The highest BCUT2D eigenvalue weighted by atomic mass is 16.4. The summed E-state index contributed by atoms with van der Waals surface area (Å²) in [6.45, 7) is 4.80. The van der Waals surface area contributed by atoms with E-state index in [4.69, 9.17) is 5.11 Å².